The number of nitrogens with one attached hydrogen (secondary N) is 5. The summed E-state index contributed by atoms with van der Waals surface area (Å²) in [5.74, 6) is -5.33. The second-order valence-electron chi connectivity index (χ2n) is 23.2. The molecule has 10 atom stereocenters. The number of likely N-dealkylation sites (N-methyl/N-ethyl adjacent to an activating group) is 1. The van der Waals surface area contributed by atoms with E-state index in [9.17, 15) is 53.1 Å². The monoisotopic (exact) mass is 1270 g/mol. The number of nitrogens with two attached hydrogens (primary N) is 1. The topological polar surface area (TPSA) is 366 Å². The maximum Gasteiger partial charge on any atom is 0.409 e. The summed E-state index contributed by atoms with van der Waals surface area (Å²) in [6.07, 6.45) is -0.142. The molecule has 3 aliphatic rings. The highest BCUT2D eigenvalue weighted by atomic mass is 35.5. The van der Waals surface area contributed by atoms with E-state index in [0.29, 0.717) is 35.5 Å². The molecule has 2 saturated heterocycles. The van der Waals surface area contributed by atoms with Crippen molar-refractivity contribution in [3.63, 3.8) is 0 Å². The molecular weight excluding hydrogens is 1180 g/mol. The molecule has 0 saturated carbocycles. The van der Waals surface area contributed by atoms with Crippen LogP contribution in [-0.2, 0) is 70.3 Å². The Morgan fingerprint density at radius 2 is 1.65 bits per heavy atom. The van der Waals surface area contributed by atoms with E-state index in [-0.39, 0.29) is 75.6 Å². The molecule has 27 nitrogen and oxygen atoms in total. The zero-order valence-electron chi connectivity index (χ0n) is 52.3. The number of carbonyl (C=O) groups is 10. The number of benzene rings is 2. The van der Waals surface area contributed by atoms with Crippen LogP contribution in [0.3, 0.4) is 0 Å². The van der Waals surface area contributed by atoms with Gasteiger partial charge >= 0.3 is 30.2 Å². The number of methoxy groups -OCH3 is 2. The van der Waals surface area contributed by atoms with Gasteiger partial charge < -0.3 is 80.3 Å². The molecule has 0 aliphatic carbocycles. The van der Waals surface area contributed by atoms with Crippen molar-refractivity contribution in [1.29, 1.82) is 0 Å². The number of epoxide rings is 1. The maximum absolute atomic E-state index is 14.4. The second-order valence-corrected chi connectivity index (χ2v) is 23.6. The van der Waals surface area contributed by atoms with Gasteiger partial charge in [-0.1, -0.05) is 68.3 Å². The van der Waals surface area contributed by atoms with Gasteiger partial charge in [-0.2, -0.15) is 0 Å². The number of esters is 1. The summed E-state index contributed by atoms with van der Waals surface area (Å²) < 4.78 is 34.9. The number of allylic oxidation sites excluding steroid dienone is 3. The number of anilines is 2. The fraction of sp³-hybridized carbons (Fsp3) is 0.574. The van der Waals surface area contributed by atoms with E-state index < -0.39 is 126 Å². The number of carboxylic acids is 1. The predicted octanol–water partition coefficient (Wildman–Crippen LogP) is 4.83. The molecule has 0 radical (unpaired) electrons. The average molecular weight is 1270 g/mol. The lowest BCUT2D eigenvalue weighted by atomic mass is 9.83. The summed E-state index contributed by atoms with van der Waals surface area (Å²) in [4.78, 5) is 134. The number of carboxylic acid groups (broad SMARTS) is 1. The number of rotatable bonds is 25. The number of aliphatic hydroxyl groups is 1. The number of alkyl carbamates (subject to hydrolysis) is 1. The first-order valence-electron chi connectivity index (χ1n) is 29.4. The molecule has 0 spiro atoms. The average Bonchev–Trinajstić information content (AvgIpc) is 1.61. The van der Waals surface area contributed by atoms with Gasteiger partial charge in [0.05, 0.1) is 25.3 Å². The minimum absolute atomic E-state index is 0.00382. The molecule has 4 bridgehead atoms. The van der Waals surface area contributed by atoms with Crippen molar-refractivity contribution in [2.45, 2.75) is 166 Å². The molecule has 28 heteroatoms. The molecule has 3 heterocycles. The van der Waals surface area contributed by atoms with Gasteiger partial charge in [-0.3, -0.25) is 34.1 Å². The number of nitrogens with zero attached hydrogens (tertiary/aromatic N) is 3. The fourth-order valence-electron chi connectivity index (χ4n) is 10.3. The third-order valence-electron chi connectivity index (χ3n) is 16.0. The third-order valence-corrected chi connectivity index (χ3v) is 16.4. The standard InChI is InChI=1S/C61H86ClN9O18/c1-34(2)52(67-47(72)19-12-13-20-50(75)76)55(78)66-41(17-15-26-64-57(63)80)54(77)65-40-23-21-38(22-24-40)33-86-59(82)69(7)27-25-48(73)70(8)37(5)56(79)88-46-31-49(74)71(9)42-29-39(30-43(84-10)51(42)62)28-35(3)16-14-18-45(85-11)61(83)32-44(87-58(81)68-61)36(4)53-60(46,6)89-53/h14,16,18,21-24,29-30,34,36-37,41,44-46,52-53,83H,12-13,15,17,19-20,25-28,31-33H2,1-11H3,(H,65,77)(H,66,78)(H,67,72)(H,68,81)(H,75,76)(H3,63,64,80)/b18-14-,35-16-/t36-,37+,41+,44+,45-,46+,52+,53+,60+,61+/m1/s1. The Labute approximate surface area is 523 Å². The normalized spacial score (nSPS) is 23.6. The SMILES string of the molecule is COc1cc2cc(c1Cl)N(C)C(=O)C[C@H](OC(=O)[C@H](C)N(C)C(=O)CCN(C)C(=O)OCc1ccc(NC(=O)[C@H](CCCNC(N)=O)NC(=O)[C@@H](NC(=O)CCCCC(=O)O)C(C)C)cc1)[C@]1(C)O[C@H]1[C@H](C)[C@@H]1C[C@@](O)(NC(=O)O1)[C@H](OC)/C=C\C=C(\C)C2. The molecule has 2 aromatic rings. The zero-order valence-corrected chi connectivity index (χ0v) is 53.1. The van der Waals surface area contributed by atoms with Crippen molar-refractivity contribution in [1.82, 2.24) is 31.1 Å². The second kappa shape index (κ2) is 32.5. The Balaban J connectivity index is 1.21. The molecular formula is C61H86ClN9O18. The van der Waals surface area contributed by atoms with Crippen LogP contribution in [0.25, 0.3) is 0 Å². The molecule has 0 unspecified atom stereocenters. The minimum atomic E-state index is -1.91. The van der Waals surface area contributed by atoms with Crippen LogP contribution in [-0.4, -0.2) is 182 Å². The number of primary amides is 1. The van der Waals surface area contributed by atoms with E-state index >= 15 is 0 Å². The van der Waals surface area contributed by atoms with Gasteiger partial charge in [0.25, 0.3) is 0 Å². The number of fused-ring (bicyclic) bond motifs is 5. The highest BCUT2D eigenvalue weighted by Gasteiger charge is 2.64. The van der Waals surface area contributed by atoms with Crippen LogP contribution < -0.4 is 42.0 Å². The number of aliphatic carboxylic acids is 1. The van der Waals surface area contributed by atoms with Crippen LogP contribution in [0.5, 0.6) is 5.75 Å². The maximum atomic E-state index is 14.4. The van der Waals surface area contributed by atoms with Crippen molar-refractivity contribution < 1.29 is 86.6 Å². The van der Waals surface area contributed by atoms with Gasteiger partial charge in [0, 0.05) is 78.6 Å². The number of ether oxygens (including phenoxy) is 6. The van der Waals surface area contributed by atoms with Gasteiger partial charge in [0.2, 0.25) is 29.5 Å². The third kappa shape index (κ3) is 20.3. The summed E-state index contributed by atoms with van der Waals surface area (Å²) in [5.41, 5.74) is 4.71. The van der Waals surface area contributed by atoms with Crippen LogP contribution >= 0.6 is 11.6 Å². The zero-order chi connectivity index (χ0) is 66.1. The van der Waals surface area contributed by atoms with E-state index in [1.54, 1.807) is 76.2 Å². The molecule has 9 N–H and O–H groups in total. The number of urea groups is 1. The molecule has 2 fully saturated rings. The Morgan fingerprint density at radius 1 is 0.966 bits per heavy atom. The van der Waals surface area contributed by atoms with Crippen molar-refractivity contribution in [2.24, 2.45) is 17.6 Å². The molecule has 5 rings (SSSR count). The molecule has 9 amide bonds. The van der Waals surface area contributed by atoms with E-state index in [1.807, 2.05) is 13.0 Å². The summed E-state index contributed by atoms with van der Waals surface area (Å²) in [6, 6.07) is 5.66. The Bertz CT molecular complexity index is 2960. The van der Waals surface area contributed by atoms with Crippen molar-refractivity contribution >= 4 is 82.7 Å². The van der Waals surface area contributed by atoms with Crippen LogP contribution in [0, 0.1) is 11.8 Å². The smallest absolute Gasteiger partial charge is 0.409 e. The Morgan fingerprint density at radius 3 is 2.29 bits per heavy atom. The van der Waals surface area contributed by atoms with Gasteiger partial charge in [0.1, 0.15) is 59.4 Å². The molecule has 0 aromatic heterocycles. The number of unbranched alkanes of at least 4 members (excludes halogenated alkanes) is 1. The molecule has 2 aromatic carbocycles. The lowest BCUT2D eigenvalue weighted by molar-refractivity contribution is -0.162. The fourth-order valence-corrected chi connectivity index (χ4v) is 10.6. The number of halogens is 1. The highest BCUT2D eigenvalue weighted by Crippen LogP contribution is 2.49. The molecule has 89 heavy (non-hydrogen) atoms. The number of hydrogen-bond acceptors (Lipinski definition) is 17. The molecule has 3 aliphatic heterocycles. The van der Waals surface area contributed by atoms with Gasteiger partial charge in [-0.15, -0.1) is 0 Å². The Hall–Kier alpha value is -8.01. The van der Waals surface area contributed by atoms with E-state index in [4.69, 9.17) is 50.9 Å². The molecule has 490 valence electrons. The van der Waals surface area contributed by atoms with E-state index in [2.05, 4.69) is 26.6 Å². The first-order valence-corrected chi connectivity index (χ1v) is 29.8. The largest absolute Gasteiger partial charge is 0.495 e. The van der Waals surface area contributed by atoms with Crippen LogP contribution in [0.2, 0.25) is 5.02 Å². The quantitative estimate of drug-likeness (QED) is 0.0285. The van der Waals surface area contributed by atoms with Crippen molar-refractivity contribution in [3.05, 3.63) is 76.3 Å². The lowest BCUT2D eigenvalue weighted by Crippen LogP contribution is -2.63. The minimum Gasteiger partial charge on any atom is -0.495 e. The van der Waals surface area contributed by atoms with E-state index in [0.717, 1.165) is 16.0 Å². The number of hydrogen-bond donors (Lipinski definition) is 8. The summed E-state index contributed by atoms with van der Waals surface area (Å²) in [5, 5.41) is 34.0. The van der Waals surface area contributed by atoms with Gasteiger partial charge in [-0.05, 0) is 94.2 Å². The first-order chi connectivity index (χ1) is 41.9. The van der Waals surface area contributed by atoms with Gasteiger partial charge in [-0.25, -0.2) is 19.2 Å². The van der Waals surface area contributed by atoms with Crippen LogP contribution in [0.4, 0.5) is 25.8 Å². The number of carbonyl (C=O) groups excluding carboxylic acids is 9. The highest BCUT2D eigenvalue weighted by molar-refractivity contribution is 6.35. The Kier molecular flexibility index (Phi) is 26.2. The summed E-state index contributed by atoms with van der Waals surface area (Å²) in [6.45, 7) is 9.95. The predicted molar refractivity (Wildman–Crippen MR) is 325 cm³/mol. The summed E-state index contributed by atoms with van der Waals surface area (Å²) in [7, 11) is 7.18. The lowest BCUT2D eigenvalue weighted by Gasteiger charge is -2.42. The van der Waals surface area contributed by atoms with Crippen LogP contribution in [0.15, 0.2) is 60.2 Å². The van der Waals surface area contributed by atoms with Crippen molar-refractivity contribution in [2.75, 3.05) is 58.7 Å². The van der Waals surface area contributed by atoms with Gasteiger partial charge in [0.15, 0.2) is 5.72 Å². The first kappa shape index (κ1) is 71.7. The van der Waals surface area contributed by atoms with E-state index in [1.165, 1.54) is 52.1 Å². The summed E-state index contributed by atoms with van der Waals surface area (Å²) >= 11 is 6.83. The number of amides is 9. The van der Waals surface area contributed by atoms with Crippen molar-refractivity contribution in [3.8, 4) is 5.75 Å². The van der Waals surface area contributed by atoms with Crippen LogP contribution in [0.1, 0.15) is 110 Å².